The number of hydrogen-bond donors (Lipinski definition) is 2. The Hall–Kier alpha value is -2.86. The van der Waals surface area contributed by atoms with Crippen LogP contribution in [-0.2, 0) is 0 Å². The van der Waals surface area contributed by atoms with Gasteiger partial charge >= 0.3 is 0 Å². The topological polar surface area (TPSA) is 61.0 Å². The summed E-state index contributed by atoms with van der Waals surface area (Å²) in [6, 6.07) is 12.7. The monoisotopic (exact) mass is 418 g/mol. The van der Waals surface area contributed by atoms with E-state index in [9.17, 15) is 4.79 Å². The van der Waals surface area contributed by atoms with Crippen LogP contribution in [0.4, 0.5) is 11.4 Å². The van der Waals surface area contributed by atoms with Crippen molar-refractivity contribution in [1.29, 1.82) is 0 Å². The van der Waals surface area contributed by atoms with E-state index in [2.05, 4.69) is 46.5 Å². The molecule has 1 aliphatic rings. The predicted molar refractivity (Wildman–Crippen MR) is 125 cm³/mol. The van der Waals surface area contributed by atoms with Crippen LogP contribution in [0.5, 0.6) is 0 Å². The number of thiophene rings is 1. The van der Waals surface area contributed by atoms with Crippen LogP contribution in [0.25, 0.3) is 21.1 Å². The lowest BCUT2D eigenvalue weighted by Gasteiger charge is -2.30. The molecule has 30 heavy (non-hydrogen) atoms. The molecule has 6 heteroatoms. The van der Waals surface area contributed by atoms with Crippen molar-refractivity contribution in [3.8, 4) is 0 Å². The second kappa shape index (κ2) is 7.76. The van der Waals surface area contributed by atoms with Gasteiger partial charge in [0.25, 0.3) is 5.91 Å². The Morgan fingerprint density at radius 2 is 2.00 bits per heavy atom. The standard InChI is InChI=1S/C24H26N4OS/c1-15-12-16-13-17(8-9-19(16)26-15)27-20-10-11-25-21-14-22(30-23(20)21)24(29)28(2)18-6-4-3-5-7-18/h8-14,18,26H,3-7H2,1-2H3,(H,25,27). The summed E-state index contributed by atoms with van der Waals surface area (Å²) in [5.74, 6) is 0.111. The molecule has 1 aliphatic carbocycles. The fourth-order valence-corrected chi connectivity index (χ4v) is 5.53. The van der Waals surface area contributed by atoms with E-state index in [0.717, 1.165) is 50.5 Å². The van der Waals surface area contributed by atoms with Crippen molar-refractivity contribution >= 4 is 49.7 Å². The summed E-state index contributed by atoms with van der Waals surface area (Å²) in [4.78, 5) is 23.7. The second-order valence-corrected chi connectivity index (χ2v) is 9.32. The SMILES string of the molecule is Cc1cc2cc(Nc3ccnc4cc(C(=O)N(C)C5CCCCC5)sc34)ccc2[nH]1. The molecule has 154 valence electrons. The molecule has 0 atom stereocenters. The fourth-order valence-electron chi connectivity index (χ4n) is 4.46. The minimum atomic E-state index is 0.111. The van der Waals surface area contributed by atoms with Crippen LogP contribution in [0.1, 0.15) is 47.5 Å². The Balaban J connectivity index is 1.43. The lowest BCUT2D eigenvalue weighted by molar-refractivity contribution is 0.0701. The van der Waals surface area contributed by atoms with E-state index in [1.807, 2.05) is 24.1 Å². The maximum absolute atomic E-state index is 13.1. The minimum Gasteiger partial charge on any atom is -0.359 e. The zero-order valence-electron chi connectivity index (χ0n) is 17.4. The van der Waals surface area contributed by atoms with Crippen molar-refractivity contribution in [3.05, 3.63) is 53.2 Å². The number of aromatic amines is 1. The first kappa shape index (κ1) is 19.1. The van der Waals surface area contributed by atoms with Crippen LogP contribution in [0.3, 0.4) is 0 Å². The minimum absolute atomic E-state index is 0.111. The van der Waals surface area contributed by atoms with E-state index in [1.54, 1.807) is 6.20 Å². The highest BCUT2D eigenvalue weighted by atomic mass is 32.1. The number of anilines is 2. The molecular weight excluding hydrogens is 392 g/mol. The van der Waals surface area contributed by atoms with Gasteiger partial charge in [0.2, 0.25) is 0 Å². The molecule has 4 aromatic rings. The maximum atomic E-state index is 13.1. The third-order valence-electron chi connectivity index (χ3n) is 6.10. The Bertz CT molecular complexity index is 1220. The highest BCUT2D eigenvalue weighted by Gasteiger charge is 2.24. The number of amides is 1. The van der Waals surface area contributed by atoms with Crippen LogP contribution in [0.2, 0.25) is 0 Å². The molecular formula is C24H26N4OS. The number of rotatable bonds is 4. The number of aryl methyl sites for hydroxylation is 1. The predicted octanol–water partition coefficient (Wildman–Crippen LogP) is 6.23. The van der Waals surface area contributed by atoms with E-state index in [0.29, 0.717) is 6.04 Å². The van der Waals surface area contributed by atoms with Gasteiger partial charge in [-0.1, -0.05) is 19.3 Å². The molecule has 3 heterocycles. The van der Waals surface area contributed by atoms with Gasteiger partial charge in [-0.05, 0) is 56.2 Å². The number of carbonyl (C=O) groups is 1. The third kappa shape index (κ3) is 3.56. The largest absolute Gasteiger partial charge is 0.359 e. The summed E-state index contributed by atoms with van der Waals surface area (Å²) in [6.07, 6.45) is 7.74. The molecule has 0 unspecified atom stereocenters. The van der Waals surface area contributed by atoms with Gasteiger partial charge in [0.05, 0.1) is 20.8 Å². The first-order valence-corrected chi connectivity index (χ1v) is 11.4. The van der Waals surface area contributed by atoms with Gasteiger partial charge in [-0.15, -0.1) is 11.3 Å². The number of pyridine rings is 1. The number of carbonyl (C=O) groups excluding carboxylic acids is 1. The number of hydrogen-bond acceptors (Lipinski definition) is 4. The van der Waals surface area contributed by atoms with Crippen LogP contribution >= 0.6 is 11.3 Å². The molecule has 5 nitrogen and oxygen atoms in total. The van der Waals surface area contributed by atoms with Gasteiger partial charge in [-0.2, -0.15) is 0 Å². The lowest BCUT2D eigenvalue weighted by Crippen LogP contribution is -2.37. The van der Waals surface area contributed by atoms with E-state index in [4.69, 9.17) is 0 Å². The van der Waals surface area contributed by atoms with E-state index >= 15 is 0 Å². The number of benzene rings is 1. The molecule has 1 fully saturated rings. The number of H-pyrrole nitrogens is 1. The van der Waals surface area contributed by atoms with Crippen LogP contribution < -0.4 is 5.32 Å². The molecule has 3 aromatic heterocycles. The highest BCUT2D eigenvalue weighted by molar-refractivity contribution is 7.21. The van der Waals surface area contributed by atoms with Gasteiger partial charge in [0, 0.05) is 41.6 Å². The smallest absolute Gasteiger partial charge is 0.264 e. The van der Waals surface area contributed by atoms with Crippen molar-refractivity contribution in [2.24, 2.45) is 0 Å². The molecule has 0 spiro atoms. The van der Waals surface area contributed by atoms with Gasteiger partial charge in [0.15, 0.2) is 0 Å². The van der Waals surface area contributed by atoms with Gasteiger partial charge in [0.1, 0.15) is 0 Å². The number of nitrogens with one attached hydrogen (secondary N) is 2. The number of fused-ring (bicyclic) bond motifs is 2. The molecule has 5 rings (SSSR count). The summed E-state index contributed by atoms with van der Waals surface area (Å²) < 4.78 is 1.02. The lowest BCUT2D eigenvalue weighted by atomic mass is 9.94. The van der Waals surface area contributed by atoms with Crippen molar-refractivity contribution in [3.63, 3.8) is 0 Å². The average molecular weight is 419 g/mol. The van der Waals surface area contributed by atoms with Crippen LogP contribution in [0.15, 0.2) is 42.6 Å². The molecule has 1 aromatic carbocycles. The molecule has 0 radical (unpaired) electrons. The van der Waals surface area contributed by atoms with Gasteiger partial charge in [-0.3, -0.25) is 9.78 Å². The first-order chi connectivity index (χ1) is 14.6. The zero-order valence-corrected chi connectivity index (χ0v) is 18.2. The highest BCUT2D eigenvalue weighted by Crippen LogP contribution is 2.34. The summed E-state index contributed by atoms with van der Waals surface area (Å²) in [5, 5.41) is 4.70. The van der Waals surface area contributed by atoms with E-state index in [1.165, 1.54) is 36.0 Å². The van der Waals surface area contributed by atoms with Gasteiger partial charge < -0.3 is 15.2 Å². The van der Waals surface area contributed by atoms with E-state index < -0.39 is 0 Å². The van der Waals surface area contributed by atoms with Crippen molar-refractivity contribution in [1.82, 2.24) is 14.9 Å². The van der Waals surface area contributed by atoms with E-state index in [-0.39, 0.29) is 5.91 Å². The fraction of sp³-hybridized carbons (Fsp3) is 0.333. The maximum Gasteiger partial charge on any atom is 0.264 e. The Labute approximate surface area is 180 Å². The number of aromatic nitrogens is 2. The normalized spacial score (nSPS) is 15.0. The Kier molecular flexibility index (Phi) is 4.95. The Morgan fingerprint density at radius 3 is 2.83 bits per heavy atom. The van der Waals surface area contributed by atoms with Crippen molar-refractivity contribution in [2.75, 3.05) is 12.4 Å². The van der Waals surface area contributed by atoms with Crippen molar-refractivity contribution < 1.29 is 4.79 Å². The summed E-state index contributed by atoms with van der Waals surface area (Å²) >= 11 is 1.53. The summed E-state index contributed by atoms with van der Waals surface area (Å²) in [7, 11) is 1.95. The Morgan fingerprint density at radius 1 is 1.17 bits per heavy atom. The molecule has 0 aliphatic heterocycles. The average Bonchev–Trinajstić information content (AvgIpc) is 3.36. The van der Waals surface area contributed by atoms with Gasteiger partial charge in [-0.25, -0.2) is 0 Å². The molecule has 1 saturated carbocycles. The summed E-state index contributed by atoms with van der Waals surface area (Å²) in [6.45, 7) is 2.06. The summed E-state index contributed by atoms with van der Waals surface area (Å²) in [5.41, 5.74) is 5.15. The van der Waals surface area contributed by atoms with Crippen LogP contribution in [-0.4, -0.2) is 33.9 Å². The first-order valence-electron chi connectivity index (χ1n) is 10.6. The zero-order chi connectivity index (χ0) is 20.7. The third-order valence-corrected chi connectivity index (χ3v) is 7.25. The second-order valence-electron chi connectivity index (χ2n) is 8.27. The quantitative estimate of drug-likeness (QED) is 0.413. The number of nitrogens with zero attached hydrogens (tertiary/aromatic N) is 2. The molecule has 0 saturated heterocycles. The van der Waals surface area contributed by atoms with Crippen molar-refractivity contribution in [2.45, 2.75) is 45.1 Å². The van der Waals surface area contributed by atoms with Crippen LogP contribution in [0, 0.1) is 6.92 Å². The molecule has 2 N–H and O–H groups in total. The molecule has 1 amide bonds. The molecule has 0 bridgehead atoms.